The molecule has 3 rings (SSSR count). The predicted molar refractivity (Wildman–Crippen MR) is 105 cm³/mol. The molecule has 1 fully saturated rings. The summed E-state index contributed by atoms with van der Waals surface area (Å²) in [7, 11) is 0. The van der Waals surface area contributed by atoms with Gasteiger partial charge in [0, 0.05) is 18.8 Å². The van der Waals surface area contributed by atoms with Crippen molar-refractivity contribution in [1.29, 1.82) is 0 Å². The van der Waals surface area contributed by atoms with E-state index in [1.807, 2.05) is 11.0 Å². The fourth-order valence-electron chi connectivity index (χ4n) is 2.73. The molecule has 7 heteroatoms. The summed E-state index contributed by atoms with van der Waals surface area (Å²) in [5.41, 5.74) is 3.52. The predicted octanol–water partition coefficient (Wildman–Crippen LogP) is 4.25. The van der Waals surface area contributed by atoms with Gasteiger partial charge in [0.1, 0.15) is 0 Å². The van der Waals surface area contributed by atoms with E-state index in [1.54, 1.807) is 0 Å². The number of rotatable bonds is 5. The van der Waals surface area contributed by atoms with E-state index < -0.39 is 0 Å². The SMILES string of the molecule is Cc1ccc(Nc2nnc(SCC(=O)N3CCC(C)CC3)s2)cc1C. The van der Waals surface area contributed by atoms with Gasteiger partial charge in [-0.3, -0.25) is 4.79 Å². The number of nitrogens with one attached hydrogen (secondary N) is 1. The van der Waals surface area contributed by atoms with Crippen LogP contribution in [-0.2, 0) is 4.79 Å². The van der Waals surface area contributed by atoms with Gasteiger partial charge in [0.05, 0.1) is 5.75 Å². The van der Waals surface area contributed by atoms with Crippen molar-refractivity contribution in [3.05, 3.63) is 29.3 Å². The van der Waals surface area contributed by atoms with E-state index in [2.05, 4.69) is 48.4 Å². The molecule has 1 amide bonds. The molecule has 0 spiro atoms. The number of aromatic nitrogens is 2. The Morgan fingerprint density at radius 1 is 1.28 bits per heavy atom. The number of anilines is 2. The highest BCUT2D eigenvalue weighted by atomic mass is 32.2. The number of nitrogens with zero attached hydrogens (tertiary/aromatic N) is 3. The van der Waals surface area contributed by atoms with Gasteiger partial charge in [-0.15, -0.1) is 10.2 Å². The Kier molecular flexibility index (Phi) is 5.96. The second-order valence-corrected chi connectivity index (χ2v) is 8.85. The zero-order chi connectivity index (χ0) is 17.8. The highest BCUT2D eigenvalue weighted by Crippen LogP contribution is 2.28. The molecule has 2 heterocycles. The zero-order valence-corrected chi connectivity index (χ0v) is 16.5. The third-order valence-corrected chi connectivity index (χ3v) is 6.58. The van der Waals surface area contributed by atoms with E-state index in [9.17, 15) is 4.79 Å². The molecule has 0 aliphatic carbocycles. The summed E-state index contributed by atoms with van der Waals surface area (Å²) in [5.74, 6) is 1.38. The lowest BCUT2D eigenvalue weighted by molar-refractivity contribution is -0.129. The zero-order valence-electron chi connectivity index (χ0n) is 14.9. The number of aryl methyl sites for hydroxylation is 2. The van der Waals surface area contributed by atoms with Crippen molar-refractivity contribution in [3.8, 4) is 0 Å². The summed E-state index contributed by atoms with van der Waals surface area (Å²) in [6.07, 6.45) is 2.22. The lowest BCUT2D eigenvalue weighted by Crippen LogP contribution is -2.38. The Morgan fingerprint density at radius 2 is 2.04 bits per heavy atom. The van der Waals surface area contributed by atoms with E-state index >= 15 is 0 Å². The third kappa shape index (κ3) is 4.95. The number of amides is 1. The average Bonchev–Trinajstić information content (AvgIpc) is 3.04. The van der Waals surface area contributed by atoms with Crippen LogP contribution < -0.4 is 5.32 Å². The largest absolute Gasteiger partial charge is 0.342 e. The van der Waals surface area contributed by atoms with E-state index in [1.165, 1.54) is 34.2 Å². The van der Waals surface area contributed by atoms with Gasteiger partial charge in [0.15, 0.2) is 4.34 Å². The Labute approximate surface area is 157 Å². The molecule has 1 aliphatic heterocycles. The standard InChI is InChI=1S/C18H24N4OS2/c1-12-6-8-22(9-7-12)16(23)11-24-18-21-20-17(25-18)19-15-5-4-13(2)14(3)10-15/h4-5,10,12H,6-9,11H2,1-3H3,(H,19,20). The maximum Gasteiger partial charge on any atom is 0.233 e. The van der Waals surface area contributed by atoms with Crippen LogP contribution in [0, 0.1) is 19.8 Å². The highest BCUT2D eigenvalue weighted by molar-refractivity contribution is 8.01. The topological polar surface area (TPSA) is 58.1 Å². The normalized spacial score (nSPS) is 15.4. The van der Waals surface area contributed by atoms with Gasteiger partial charge in [-0.25, -0.2) is 0 Å². The van der Waals surface area contributed by atoms with Crippen molar-refractivity contribution in [2.45, 2.75) is 38.0 Å². The van der Waals surface area contributed by atoms with Crippen molar-refractivity contribution in [2.75, 3.05) is 24.2 Å². The summed E-state index contributed by atoms with van der Waals surface area (Å²) < 4.78 is 0.824. The van der Waals surface area contributed by atoms with Crippen molar-refractivity contribution in [3.63, 3.8) is 0 Å². The Hall–Kier alpha value is -1.60. The second kappa shape index (κ2) is 8.19. The van der Waals surface area contributed by atoms with Gasteiger partial charge in [-0.2, -0.15) is 0 Å². The molecule has 0 unspecified atom stereocenters. The first-order valence-electron chi connectivity index (χ1n) is 8.59. The minimum absolute atomic E-state index is 0.204. The van der Waals surface area contributed by atoms with Crippen LogP contribution in [0.15, 0.2) is 22.5 Å². The molecule has 134 valence electrons. The van der Waals surface area contributed by atoms with E-state index in [4.69, 9.17) is 0 Å². The Morgan fingerprint density at radius 3 is 2.76 bits per heavy atom. The number of hydrogen-bond donors (Lipinski definition) is 1. The number of carbonyl (C=O) groups is 1. The molecular formula is C18H24N4OS2. The number of piperidine rings is 1. The number of likely N-dealkylation sites (tertiary alicyclic amines) is 1. The van der Waals surface area contributed by atoms with Crippen LogP contribution in [0.2, 0.25) is 0 Å². The lowest BCUT2D eigenvalue weighted by Gasteiger charge is -2.30. The van der Waals surface area contributed by atoms with Gasteiger partial charge >= 0.3 is 0 Å². The van der Waals surface area contributed by atoms with Gasteiger partial charge in [0.25, 0.3) is 0 Å². The van der Waals surface area contributed by atoms with Crippen molar-refractivity contribution in [2.24, 2.45) is 5.92 Å². The van der Waals surface area contributed by atoms with Crippen molar-refractivity contribution < 1.29 is 4.79 Å². The maximum atomic E-state index is 12.3. The van der Waals surface area contributed by atoms with E-state index in [-0.39, 0.29) is 5.91 Å². The maximum absolute atomic E-state index is 12.3. The molecule has 5 nitrogen and oxygen atoms in total. The lowest BCUT2D eigenvalue weighted by atomic mass is 9.99. The summed E-state index contributed by atoms with van der Waals surface area (Å²) in [6.45, 7) is 8.21. The first kappa shape index (κ1) is 18.2. The van der Waals surface area contributed by atoms with Crippen LogP contribution in [0.25, 0.3) is 0 Å². The highest BCUT2D eigenvalue weighted by Gasteiger charge is 2.20. The van der Waals surface area contributed by atoms with Crippen molar-refractivity contribution in [1.82, 2.24) is 15.1 Å². The van der Waals surface area contributed by atoms with Crippen molar-refractivity contribution >= 4 is 39.8 Å². The molecule has 1 aromatic heterocycles. The van der Waals surface area contributed by atoms with Crippen LogP contribution >= 0.6 is 23.1 Å². The number of benzene rings is 1. The molecule has 25 heavy (non-hydrogen) atoms. The van der Waals surface area contributed by atoms with Crippen LogP contribution in [-0.4, -0.2) is 39.8 Å². The molecule has 1 aliphatic rings. The number of carbonyl (C=O) groups excluding carboxylic acids is 1. The summed E-state index contributed by atoms with van der Waals surface area (Å²) in [6, 6.07) is 6.23. The smallest absolute Gasteiger partial charge is 0.233 e. The molecule has 0 bridgehead atoms. The minimum atomic E-state index is 0.204. The van der Waals surface area contributed by atoms with E-state index in [0.29, 0.717) is 5.75 Å². The molecule has 1 saturated heterocycles. The molecule has 0 radical (unpaired) electrons. The van der Waals surface area contributed by atoms with Crippen LogP contribution in [0.4, 0.5) is 10.8 Å². The number of thioether (sulfide) groups is 1. The molecular weight excluding hydrogens is 352 g/mol. The summed E-state index contributed by atoms with van der Waals surface area (Å²) >= 11 is 2.96. The Balaban J connectivity index is 1.51. The Bertz CT molecular complexity index is 738. The molecule has 0 atom stereocenters. The van der Waals surface area contributed by atoms with Crippen LogP contribution in [0.3, 0.4) is 0 Å². The third-order valence-electron chi connectivity index (χ3n) is 4.62. The van der Waals surface area contributed by atoms with Gasteiger partial charge in [0.2, 0.25) is 11.0 Å². The first-order chi connectivity index (χ1) is 12.0. The molecule has 0 saturated carbocycles. The van der Waals surface area contributed by atoms with E-state index in [0.717, 1.165) is 47.0 Å². The van der Waals surface area contributed by atoms with Crippen LogP contribution in [0.1, 0.15) is 30.9 Å². The quantitative estimate of drug-likeness (QED) is 0.791. The second-order valence-electron chi connectivity index (χ2n) is 6.65. The average molecular weight is 377 g/mol. The molecule has 1 N–H and O–H groups in total. The number of hydrogen-bond acceptors (Lipinski definition) is 6. The van der Waals surface area contributed by atoms with Crippen LogP contribution in [0.5, 0.6) is 0 Å². The van der Waals surface area contributed by atoms with Gasteiger partial charge < -0.3 is 10.2 Å². The minimum Gasteiger partial charge on any atom is -0.342 e. The summed E-state index contributed by atoms with van der Waals surface area (Å²) in [5, 5.41) is 12.4. The summed E-state index contributed by atoms with van der Waals surface area (Å²) in [4.78, 5) is 14.3. The van der Waals surface area contributed by atoms with Gasteiger partial charge in [-0.05, 0) is 55.9 Å². The fraction of sp³-hybridized carbons (Fsp3) is 0.500. The molecule has 1 aromatic carbocycles. The first-order valence-corrected chi connectivity index (χ1v) is 10.4. The fourth-order valence-corrected chi connectivity index (χ4v) is 4.41. The molecule has 2 aromatic rings. The monoisotopic (exact) mass is 376 g/mol. The van der Waals surface area contributed by atoms with Gasteiger partial charge in [-0.1, -0.05) is 36.1 Å².